The first kappa shape index (κ1) is 17.6. The van der Waals surface area contributed by atoms with E-state index in [2.05, 4.69) is 22.1 Å². The van der Waals surface area contributed by atoms with E-state index in [1.807, 2.05) is 6.07 Å². The highest BCUT2D eigenvalue weighted by Gasteiger charge is 2.15. The van der Waals surface area contributed by atoms with Gasteiger partial charge in [-0.05, 0) is 56.9 Å². The van der Waals surface area contributed by atoms with Crippen LogP contribution in [-0.2, 0) is 11.3 Å². The van der Waals surface area contributed by atoms with Crippen molar-refractivity contribution in [1.29, 1.82) is 0 Å². The average molecular weight is 342 g/mol. The lowest BCUT2D eigenvalue weighted by Gasteiger charge is -2.30. The molecule has 0 radical (unpaired) electrons. The van der Waals surface area contributed by atoms with Crippen LogP contribution < -0.4 is 10.9 Å². The minimum Gasteiger partial charge on any atom is -0.354 e. The van der Waals surface area contributed by atoms with Gasteiger partial charge >= 0.3 is 0 Å². The Hall–Kier alpha value is -2.21. The summed E-state index contributed by atoms with van der Waals surface area (Å²) in [6.45, 7) is 6.30. The number of likely N-dealkylation sites (tertiary alicyclic amines) is 1. The third-order valence-electron chi connectivity index (χ3n) is 4.90. The third kappa shape index (κ3) is 4.66. The van der Waals surface area contributed by atoms with Crippen LogP contribution >= 0.6 is 0 Å². The Morgan fingerprint density at radius 1 is 1.28 bits per heavy atom. The molecule has 25 heavy (non-hydrogen) atoms. The second-order valence-electron chi connectivity index (χ2n) is 6.92. The molecule has 1 amide bonds. The molecule has 2 aromatic rings. The van der Waals surface area contributed by atoms with E-state index in [0.717, 1.165) is 32.0 Å². The number of nitrogens with zero attached hydrogens (tertiary/aromatic N) is 3. The molecule has 6 nitrogen and oxygen atoms in total. The van der Waals surface area contributed by atoms with Gasteiger partial charge in [-0.1, -0.05) is 19.1 Å². The SMILES string of the molecule is CC1CCN(CCCNC(=O)Cn2cnc3ccccc3c2=O)CC1. The summed E-state index contributed by atoms with van der Waals surface area (Å²) >= 11 is 0. The maximum absolute atomic E-state index is 12.4. The first-order valence-corrected chi connectivity index (χ1v) is 9.07. The third-order valence-corrected chi connectivity index (χ3v) is 4.90. The molecule has 0 atom stereocenters. The van der Waals surface area contributed by atoms with E-state index in [0.29, 0.717) is 17.4 Å². The standard InChI is InChI=1S/C19H26N4O2/c1-15-7-11-22(12-8-15)10-4-9-20-18(24)13-23-14-21-17-6-3-2-5-16(17)19(23)25/h2-3,5-6,14-15H,4,7-13H2,1H3,(H,20,24). The molecule has 6 heteroatoms. The van der Waals surface area contributed by atoms with E-state index < -0.39 is 0 Å². The summed E-state index contributed by atoms with van der Waals surface area (Å²) in [4.78, 5) is 31.1. The van der Waals surface area contributed by atoms with E-state index in [1.165, 1.54) is 23.7 Å². The van der Waals surface area contributed by atoms with Crippen LogP contribution in [-0.4, -0.2) is 46.5 Å². The van der Waals surface area contributed by atoms with Gasteiger partial charge in [-0.3, -0.25) is 14.2 Å². The predicted octanol–water partition coefficient (Wildman–Crippen LogP) is 1.63. The van der Waals surface area contributed by atoms with Gasteiger partial charge < -0.3 is 10.2 Å². The number of hydrogen-bond donors (Lipinski definition) is 1. The summed E-state index contributed by atoms with van der Waals surface area (Å²) in [6, 6.07) is 7.17. The summed E-state index contributed by atoms with van der Waals surface area (Å²) in [5.41, 5.74) is 0.475. The van der Waals surface area contributed by atoms with Crippen LogP contribution in [0.3, 0.4) is 0 Å². The molecule has 0 spiro atoms. The predicted molar refractivity (Wildman–Crippen MR) is 98.5 cm³/mol. The van der Waals surface area contributed by atoms with Crippen LogP contribution in [0.15, 0.2) is 35.4 Å². The highest BCUT2D eigenvalue weighted by molar-refractivity contribution is 5.78. The topological polar surface area (TPSA) is 67.2 Å². The number of rotatable bonds is 6. The van der Waals surface area contributed by atoms with Gasteiger partial charge in [0.15, 0.2) is 0 Å². The number of hydrogen-bond acceptors (Lipinski definition) is 4. The van der Waals surface area contributed by atoms with Gasteiger partial charge in [0.05, 0.1) is 17.2 Å². The number of nitrogens with one attached hydrogen (secondary N) is 1. The molecule has 0 unspecified atom stereocenters. The Morgan fingerprint density at radius 3 is 2.84 bits per heavy atom. The van der Waals surface area contributed by atoms with Crippen molar-refractivity contribution in [3.63, 3.8) is 0 Å². The number of carbonyl (C=O) groups is 1. The fourth-order valence-corrected chi connectivity index (χ4v) is 3.25. The number of aromatic nitrogens is 2. The number of fused-ring (bicyclic) bond motifs is 1. The van der Waals surface area contributed by atoms with Gasteiger partial charge in [0, 0.05) is 6.54 Å². The summed E-state index contributed by atoms with van der Waals surface area (Å²) < 4.78 is 1.36. The molecule has 1 fully saturated rings. The van der Waals surface area contributed by atoms with Crippen molar-refractivity contribution in [1.82, 2.24) is 19.8 Å². The van der Waals surface area contributed by atoms with Crippen molar-refractivity contribution in [3.05, 3.63) is 40.9 Å². The second kappa shape index (κ2) is 8.25. The van der Waals surface area contributed by atoms with E-state index >= 15 is 0 Å². The van der Waals surface area contributed by atoms with E-state index in [1.54, 1.807) is 18.2 Å². The largest absolute Gasteiger partial charge is 0.354 e. The summed E-state index contributed by atoms with van der Waals surface area (Å²) in [5, 5.41) is 3.44. The Balaban J connectivity index is 1.45. The van der Waals surface area contributed by atoms with E-state index in [-0.39, 0.29) is 18.0 Å². The van der Waals surface area contributed by atoms with Crippen LogP contribution in [0.5, 0.6) is 0 Å². The van der Waals surface area contributed by atoms with Crippen LogP contribution in [0.25, 0.3) is 10.9 Å². The number of amides is 1. The maximum atomic E-state index is 12.4. The van der Waals surface area contributed by atoms with Gasteiger partial charge in [-0.2, -0.15) is 0 Å². The smallest absolute Gasteiger partial charge is 0.261 e. The average Bonchev–Trinajstić information content (AvgIpc) is 2.63. The monoisotopic (exact) mass is 342 g/mol. The molecule has 1 aromatic carbocycles. The Labute approximate surface area is 147 Å². The fourth-order valence-electron chi connectivity index (χ4n) is 3.25. The van der Waals surface area contributed by atoms with Crippen LogP contribution in [0.2, 0.25) is 0 Å². The maximum Gasteiger partial charge on any atom is 0.261 e. The van der Waals surface area contributed by atoms with Crippen LogP contribution in [0.4, 0.5) is 0 Å². The van der Waals surface area contributed by atoms with E-state index in [9.17, 15) is 9.59 Å². The van der Waals surface area contributed by atoms with E-state index in [4.69, 9.17) is 0 Å². The van der Waals surface area contributed by atoms with Crippen molar-refractivity contribution in [2.24, 2.45) is 5.92 Å². The van der Waals surface area contributed by atoms with Crippen molar-refractivity contribution < 1.29 is 4.79 Å². The minimum absolute atomic E-state index is 0.0118. The molecule has 0 bridgehead atoms. The first-order valence-electron chi connectivity index (χ1n) is 9.07. The lowest BCUT2D eigenvalue weighted by Crippen LogP contribution is -2.36. The number of piperidine rings is 1. The molecular weight excluding hydrogens is 316 g/mol. The number of para-hydroxylation sites is 1. The zero-order chi connectivity index (χ0) is 17.6. The van der Waals surface area contributed by atoms with Gasteiger partial charge in [0.25, 0.3) is 5.56 Å². The van der Waals surface area contributed by atoms with Crippen molar-refractivity contribution in [2.45, 2.75) is 32.7 Å². The molecule has 1 aromatic heterocycles. The summed E-state index contributed by atoms with van der Waals surface area (Å²) in [5.74, 6) is 0.691. The van der Waals surface area contributed by atoms with Crippen molar-refractivity contribution in [3.8, 4) is 0 Å². The molecule has 0 aliphatic carbocycles. The van der Waals surface area contributed by atoms with Crippen LogP contribution in [0, 0.1) is 5.92 Å². The van der Waals surface area contributed by atoms with Gasteiger partial charge in [-0.25, -0.2) is 4.98 Å². The normalized spacial score (nSPS) is 16.2. The Morgan fingerprint density at radius 2 is 2.04 bits per heavy atom. The summed E-state index contributed by atoms with van der Waals surface area (Å²) in [7, 11) is 0. The lowest BCUT2D eigenvalue weighted by molar-refractivity contribution is -0.121. The highest BCUT2D eigenvalue weighted by atomic mass is 16.2. The molecule has 1 N–H and O–H groups in total. The Bertz CT molecular complexity index is 778. The number of carbonyl (C=O) groups excluding carboxylic acids is 1. The molecule has 1 aliphatic heterocycles. The van der Waals surface area contributed by atoms with Crippen LogP contribution in [0.1, 0.15) is 26.2 Å². The molecule has 1 aliphatic rings. The molecular formula is C19H26N4O2. The zero-order valence-corrected chi connectivity index (χ0v) is 14.8. The van der Waals surface area contributed by atoms with Crippen molar-refractivity contribution in [2.75, 3.05) is 26.2 Å². The lowest BCUT2D eigenvalue weighted by atomic mass is 9.99. The molecule has 134 valence electrons. The number of benzene rings is 1. The molecule has 3 rings (SSSR count). The summed E-state index contributed by atoms with van der Waals surface area (Å²) in [6.07, 6.45) is 4.92. The van der Waals surface area contributed by atoms with Gasteiger partial charge in [0.2, 0.25) is 5.91 Å². The zero-order valence-electron chi connectivity index (χ0n) is 14.8. The van der Waals surface area contributed by atoms with Gasteiger partial charge in [0.1, 0.15) is 6.54 Å². The fraction of sp³-hybridized carbons (Fsp3) is 0.526. The van der Waals surface area contributed by atoms with Crippen molar-refractivity contribution >= 4 is 16.8 Å². The second-order valence-corrected chi connectivity index (χ2v) is 6.92. The Kier molecular flexibility index (Phi) is 5.81. The first-order chi connectivity index (χ1) is 12.1. The molecule has 0 saturated carbocycles. The van der Waals surface area contributed by atoms with Gasteiger partial charge in [-0.15, -0.1) is 0 Å². The molecule has 2 heterocycles. The minimum atomic E-state index is -0.178. The highest BCUT2D eigenvalue weighted by Crippen LogP contribution is 2.15. The molecule has 1 saturated heterocycles. The quantitative estimate of drug-likeness (QED) is 0.811.